The smallest absolute Gasteiger partial charge is 0.325 e. The number of nitrogens with zero attached hydrogens (tertiary/aromatic N) is 1. The Morgan fingerprint density at radius 3 is 2.85 bits per heavy atom. The number of aromatic nitrogens is 1. The van der Waals surface area contributed by atoms with Gasteiger partial charge in [-0.15, -0.1) is 0 Å². The summed E-state index contributed by atoms with van der Waals surface area (Å²) in [5.41, 5.74) is 1.04. The Kier molecular flexibility index (Phi) is 4.44. The second-order valence-corrected chi connectivity index (χ2v) is 5.41. The molecule has 0 radical (unpaired) electrons. The summed E-state index contributed by atoms with van der Waals surface area (Å²) in [6.07, 6.45) is 2.16. The molecule has 5 nitrogen and oxygen atoms in total. The number of amides is 1. The lowest BCUT2D eigenvalue weighted by Crippen LogP contribution is -2.38. The van der Waals surface area contributed by atoms with Crippen LogP contribution in [0.1, 0.15) is 13.3 Å². The van der Waals surface area contributed by atoms with Crippen LogP contribution in [-0.4, -0.2) is 27.6 Å². The molecule has 1 atom stereocenters. The van der Waals surface area contributed by atoms with Crippen molar-refractivity contribution in [2.75, 3.05) is 0 Å². The van der Waals surface area contributed by atoms with Crippen LogP contribution in [0.25, 0.3) is 10.9 Å². The van der Waals surface area contributed by atoms with Crippen molar-refractivity contribution in [2.24, 2.45) is 0 Å². The molecule has 1 aromatic carbocycles. The van der Waals surface area contributed by atoms with Crippen molar-refractivity contribution in [3.05, 3.63) is 34.9 Å². The summed E-state index contributed by atoms with van der Waals surface area (Å²) in [7, 11) is 0. The molecule has 1 heterocycles. The fraction of sp³-hybridized carbons (Fsp3) is 0.286. The number of hydrogen-bond acceptors (Lipinski definition) is 2. The standard InChI is InChI=1S/C14H15BrN2O3/c1-9(14(19)20)16-13(18)6-8-17-7-5-10-11(15)3-2-4-12(10)17/h2-5,7,9H,6,8H2,1H3,(H,16,18)(H,19,20)/t9-/m1/s1. The van der Waals surface area contributed by atoms with Gasteiger partial charge in [0.1, 0.15) is 6.04 Å². The molecule has 1 aromatic heterocycles. The monoisotopic (exact) mass is 338 g/mol. The maximum atomic E-state index is 11.7. The molecule has 106 valence electrons. The van der Waals surface area contributed by atoms with Crippen molar-refractivity contribution in [3.63, 3.8) is 0 Å². The Morgan fingerprint density at radius 1 is 1.40 bits per heavy atom. The van der Waals surface area contributed by atoms with Gasteiger partial charge in [-0.25, -0.2) is 0 Å². The van der Waals surface area contributed by atoms with Crippen molar-refractivity contribution < 1.29 is 14.7 Å². The third kappa shape index (κ3) is 3.19. The molecule has 0 bridgehead atoms. The van der Waals surface area contributed by atoms with Crippen molar-refractivity contribution >= 4 is 38.7 Å². The first-order valence-corrected chi connectivity index (χ1v) is 7.04. The number of nitrogens with one attached hydrogen (secondary N) is 1. The molecule has 0 saturated heterocycles. The fourth-order valence-electron chi connectivity index (χ4n) is 1.98. The SMILES string of the molecule is C[C@@H](NC(=O)CCn1ccc2c(Br)cccc21)C(=O)O. The van der Waals surface area contributed by atoms with Gasteiger partial charge in [-0.2, -0.15) is 0 Å². The van der Waals surface area contributed by atoms with Crippen LogP contribution in [0.3, 0.4) is 0 Å². The zero-order chi connectivity index (χ0) is 14.7. The van der Waals surface area contributed by atoms with E-state index in [9.17, 15) is 9.59 Å². The Hall–Kier alpha value is -1.82. The molecule has 2 N–H and O–H groups in total. The lowest BCUT2D eigenvalue weighted by Gasteiger charge is -2.10. The van der Waals surface area contributed by atoms with Gasteiger partial charge in [0, 0.05) is 34.5 Å². The van der Waals surface area contributed by atoms with Gasteiger partial charge in [-0.3, -0.25) is 9.59 Å². The zero-order valence-corrected chi connectivity index (χ0v) is 12.6. The van der Waals surface area contributed by atoms with Gasteiger partial charge in [-0.1, -0.05) is 22.0 Å². The summed E-state index contributed by atoms with van der Waals surface area (Å²) in [5.74, 6) is -1.30. The van der Waals surface area contributed by atoms with Crippen LogP contribution in [-0.2, 0) is 16.1 Å². The minimum atomic E-state index is -1.03. The fourth-order valence-corrected chi connectivity index (χ4v) is 2.47. The zero-order valence-electron chi connectivity index (χ0n) is 11.0. The number of carboxylic acid groups (broad SMARTS) is 1. The van der Waals surface area contributed by atoms with Crippen molar-refractivity contribution in [1.82, 2.24) is 9.88 Å². The minimum absolute atomic E-state index is 0.244. The number of benzene rings is 1. The largest absolute Gasteiger partial charge is 0.480 e. The van der Waals surface area contributed by atoms with E-state index in [1.54, 1.807) is 0 Å². The van der Waals surface area contributed by atoms with E-state index in [4.69, 9.17) is 5.11 Å². The number of carbonyl (C=O) groups is 2. The number of aryl methyl sites for hydroxylation is 1. The van der Waals surface area contributed by atoms with Gasteiger partial charge in [0.05, 0.1) is 0 Å². The highest BCUT2D eigenvalue weighted by atomic mass is 79.9. The Morgan fingerprint density at radius 2 is 2.15 bits per heavy atom. The predicted octanol–water partition coefficient (Wildman–Crippen LogP) is 2.38. The second-order valence-electron chi connectivity index (χ2n) is 4.56. The highest BCUT2D eigenvalue weighted by Crippen LogP contribution is 2.24. The minimum Gasteiger partial charge on any atom is -0.480 e. The average molecular weight is 339 g/mol. The van der Waals surface area contributed by atoms with Gasteiger partial charge in [0.25, 0.3) is 0 Å². The molecule has 0 aliphatic rings. The summed E-state index contributed by atoms with van der Waals surface area (Å²) < 4.78 is 2.99. The van der Waals surface area contributed by atoms with Gasteiger partial charge in [0.15, 0.2) is 0 Å². The summed E-state index contributed by atoms with van der Waals surface area (Å²) >= 11 is 3.48. The van der Waals surface area contributed by atoms with E-state index >= 15 is 0 Å². The summed E-state index contributed by atoms with van der Waals surface area (Å²) in [6, 6.07) is 7.01. The number of aliphatic carboxylic acids is 1. The Balaban J connectivity index is 2.01. The van der Waals surface area contributed by atoms with Crippen molar-refractivity contribution in [2.45, 2.75) is 25.9 Å². The molecule has 1 amide bonds. The molecule has 2 aromatic rings. The number of hydrogen-bond donors (Lipinski definition) is 2. The lowest BCUT2D eigenvalue weighted by molar-refractivity contribution is -0.141. The molecule has 0 fully saturated rings. The maximum Gasteiger partial charge on any atom is 0.325 e. The first-order valence-electron chi connectivity index (χ1n) is 6.24. The van der Waals surface area contributed by atoms with Gasteiger partial charge in [0.2, 0.25) is 5.91 Å². The van der Waals surface area contributed by atoms with Crippen LogP contribution in [0.15, 0.2) is 34.9 Å². The molecule has 0 spiro atoms. The molecular weight excluding hydrogens is 324 g/mol. The molecule has 0 saturated carbocycles. The first kappa shape index (κ1) is 14.6. The number of carbonyl (C=O) groups excluding carboxylic acids is 1. The van der Waals surface area contributed by atoms with Crippen LogP contribution >= 0.6 is 15.9 Å². The molecule has 0 aliphatic carbocycles. The van der Waals surface area contributed by atoms with E-state index in [2.05, 4.69) is 21.2 Å². The number of rotatable bonds is 5. The van der Waals surface area contributed by atoms with E-state index in [1.165, 1.54) is 6.92 Å². The summed E-state index contributed by atoms with van der Waals surface area (Å²) in [6.45, 7) is 1.96. The molecule has 2 rings (SSSR count). The van der Waals surface area contributed by atoms with Crippen LogP contribution in [0.5, 0.6) is 0 Å². The Labute approximate surface area is 124 Å². The summed E-state index contributed by atoms with van der Waals surface area (Å²) in [5, 5.41) is 12.3. The van der Waals surface area contributed by atoms with E-state index < -0.39 is 12.0 Å². The van der Waals surface area contributed by atoms with Gasteiger partial charge < -0.3 is 15.0 Å². The van der Waals surface area contributed by atoms with Crippen LogP contribution in [0, 0.1) is 0 Å². The molecule has 6 heteroatoms. The number of fused-ring (bicyclic) bond motifs is 1. The van der Waals surface area contributed by atoms with E-state index in [1.807, 2.05) is 35.0 Å². The number of halogens is 1. The third-order valence-corrected chi connectivity index (χ3v) is 3.78. The Bertz CT molecular complexity index is 651. The van der Waals surface area contributed by atoms with E-state index in [-0.39, 0.29) is 12.3 Å². The van der Waals surface area contributed by atoms with Crippen molar-refractivity contribution in [1.29, 1.82) is 0 Å². The first-order chi connectivity index (χ1) is 9.49. The normalized spacial score (nSPS) is 12.3. The second kappa shape index (κ2) is 6.09. The average Bonchev–Trinajstić information content (AvgIpc) is 2.81. The predicted molar refractivity (Wildman–Crippen MR) is 79.5 cm³/mol. The maximum absolute atomic E-state index is 11.7. The molecule has 0 aliphatic heterocycles. The summed E-state index contributed by atoms with van der Waals surface area (Å²) in [4.78, 5) is 22.3. The number of carboxylic acids is 1. The topological polar surface area (TPSA) is 71.3 Å². The van der Waals surface area contributed by atoms with Gasteiger partial charge >= 0.3 is 5.97 Å². The molecule has 0 unspecified atom stereocenters. The van der Waals surface area contributed by atoms with E-state index in [0.29, 0.717) is 6.54 Å². The van der Waals surface area contributed by atoms with E-state index in [0.717, 1.165) is 15.4 Å². The third-order valence-electron chi connectivity index (χ3n) is 3.09. The molecule has 20 heavy (non-hydrogen) atoms. The highest BCUT2D eigenvalue weighted by molar-refractivity contribution is 9.10. The quantitative estimate of drug-likeness (QED) is 0.879. The van der Waals surface area contributed by atoms with Crippen LogP contribution in [0.2, 0.25) is 0 Å². The van der Waals surface area contributed by atoms with Crippen molar-refractivity contribution in [3.8, 4) is 0 Å². The van der Waals surface area contributed by atoms with Gasteiger partial charge in [-0.05, 0) is 25.1 Å². The highest BCUT2D eigenvalue weighted by Gasteiger charge is 2.14. The lowest BCUT2D eigenvalue weighted by atomic mass is 10.2. The molecular formula is C14H15BrN2O3. The van der Waals surface area contributed by atoms with Crippen LogP contribution in [0.4, 0.5) is 0 Å². The van der Waals surface area contributed by atoms with Crippen LogP contribution < -0.4 is 5.32 Å².